The zero-order chi connectivity index (χ0) is 20.5. The highest BCUT2D eigenvalue weighted by molar-refractivity contribution is 7.98. The molecule has 0 N–H and O–H groups in total. The summed E-state index contributed by atoms with van der Waals surface area (Å²) in [4.78, 5) is 13.3. The maximum absolute atomic E-state index is 6.20. The van der Waals surface area contributed by atoms with E-state index in [9.17, 15) is 0 Å². The van der Waals surface area contributed by atoms with Crippen molar-refractivity contribution in [1.29, 1.82) is 0 Å². The molecule has 0 spiro atoms. The average molecular weight is 443 g/mol. The third-order valence-electron chi connectivity index (χ3n) is 5.88. The molecule has 0 aromatic carbocycles. The van der Waals surface area contributed by atoms with Crippen LogP contribution in [0.15, 0.2) is 11.5 Å². The van der Waals surface area contributed by atoms with E-state index >= 15 is 0 Å². The Kier molecular flexibility index (Phi) is 4.21. The zero-order valence-electron chi connectivity index (χ0n) is 17.1. The highest BCUT2D eigenvalue weighted by Gasteiger charge is 2.33. The van der Waals surface area contributed by atoms with Gasteiger partial charge in [0, 0.05) is 30.5 Å². The van der Waals surface area contributed by atoms with Crippen LogP contribution in [0.2, 0.25) is 0 Å². The van der Waals surface area contributed by atoms with Crippen molar-refractivity contribution in [2.75, 3.05) is 37.5 Å². The van der Waals surface area contributed by atoms with Crippen molar-refractivity contribution in [3.8, 4) is 0 Å². The second-order valence-electron chi connectivity index (χ2n) is 8.30. The molecule has 0 unspecified atom stereocenters. The molecule has 4 aromatic rings. The molecule has 0 saturated carbocycles. The molecule has 6 rings (SSSR count). The van der Waals surface area contributed by atoms with Gasteiger partial charge in [-0.1, -0.05) is 11.8 Å². The maximum Gasteiger partial charge on any atom is 0.196 e. The molecule has 10 heteroatoms. The summed E-state index contributed by atoms with van der Waals surface area (Å²) in [5.41, 5.74) is 4.10. The molecule has 2 aliphatic rings. The van der Waals surface area contributed by atoms with Crippen LogP contribution in [-0.4, -0.2) is 62.7 Å². The van der Waals surface area contributed by atoms with Crippen LogP contribution in [0, 0.1) is 0 Å². The number of anilines is 1. The van der Waals surface area contributed by atoms with Gasteiger partial charge in [-0.3, -0.25) is 4.40 Å². The molecule has 0 aliphatic carbocycles. The number of thiophene rings is 1. The van der Waals surface area contributed by atoms with E-state index in [4.69, 9.17) is 19.4 Å². The van der Waals surface area contributed by atoms with Gasteiger partial charge >= 0.3 is 0 Å². The SMILES string of the molecule is CSc1nnc2c3sc4nc(N5CCOCC5)c5c(c4c3ncn12)CC(C)(C)OC5. The molecule has 0 amide bonds. The van der Waals surface area contributed by atoms with Crippen LogP contribution in [0.1, 0.15) is 25.0 Å². The van der Waals surface area contributed by atoms with Crippen LogP contribution in [0.25, 0.3) is 26.1 Å². The highest BCUT2D eigenvalue weighted by atomic mass is 32.2. The second kappa shape index (κ2) is 6.74. The maximum atomic E-state index is 6.20. The Morgan fingerprint density at radius 3 is 2.80 bits per heavy atom. The lowest BCUT2D eigenvalue weighted by Gasteiger charge is -2.36. The summed E-state index contributed by atoms with van der Waals surface area (Å²) < 4.78 is 14.8. The molecular formula is C20H22N6O2S2. The molecule has 6 heterocycles. The molecule has 0 atom stereocenters. The van der Waals surface area contributed by atoms with Crippen molar-refractivity contribution in [2.45, 2.75) is 37.6 Å². The van der Waals surface area contributed by atoms with Gasteiger partial charge in [0.05, 0.1) is 30.9 Å². The predicted octanol–water partition coefficient (Wildman–Crippen LogP) is 3.30. The molecule has 2 aliphatic heterocycles. The summed E-state index contributed by atoms with van der Waals surface area (Å²) in [6.45, 7) is 8.03. The van der Waals surface area contributed by atoms with Crippen LogP contribution in [0.3, 0.4) is 0 Å². The van der Waals surface area contributed by atoms with E-state index in [-0.39, 0.29) is 5.60 Å². The topological polar surface area (TPSA) is 77.7 Å². The van der Waals surface area contributed by atoms with Crippen molar-refractivity contribution in [3.63, 3.8) is 0 Å². The Morgan fingerprint density at radius 2 is 2.00 bits per heavy atom. The fourth-order valence-corrected chi connectivity index (χ4v) is 5.99. The monoisotopic (exact) mass is 442 g/mol. The van der Waals surface area contributed by atoms with Crippen molar-refractivity contribution in [2.24, 2.45) is 0 Å². The van der Waals surface area contributed by atoms with Gasteiger partial charge in [-0.2, -0.15) is 0 Å². The smallest absolute Gasteiger partial charge is 0.196 e. The van der Waals surface area contributed by atoms with Crippen LogP contribution < -0.4 is 4.90 Å². The molecule has 156 valence electrons. The average Bonchev–Trinajstić information content (AvgIpc) is 3.33. The van der Waals surface area contributed by atoms with Gasteiger partial charge in [0.15, 0.2) is 10.8 Å². The highest BCUT2D eigenvalue weighted by Crippen LogP contribution is 2.43. The van der Waals surface area contributed by atoms with E-state index in [1.807, 2.05) is 17.0 Å². The van der Waals surface area contributed by atoms with E-state index < -0.39 is 0 Å². The molecular weight excluding hydrogens is 420 g/mol. The molecule has 8 nitrogen and oxygen atoms in total. The first-order chi connectivity index (χ1) is 14.6. The Balaban J connectivity index is 1.67. The number of fused-ring (bicyclic) bond motifs is 7. The number of thioether (sulfide) groups is 1. The Labute approximate surface area is 181 Å². The summed E-state index contributed by atoms with van der Waals surface area (Å²) in [6.07, 6.45) is 4.67. The molecule has 1 saturated heterocycles. The minimum absolute atomic E-state index is 0.219. The van der Waals surface area contributed by atoms with Gasteiger partial charge in [0.1, 0.15) is 21.7 Å². The third kappa shape index (κ3) is 2.74. The van der Waals surface area contributed by atoms with E-state index in [1.54, 1.807) is 23.1 Å². The number of pyridine rings is 1. The van der Waals surface area contributed by atoms with Crippen molar-refractivity contribution < 1.29 is 9.47 Å². The van der Waals surface area contributed by atoms with E-state index in [0.717, 1.165) is 69.8 Å². The van der Waals surface area contributed by atoms with Gasteiger partial charge in [-0.25, -0.2) is 9.97 Å². The minimum atomic E-state index is -0.219. The lowest BCUT2D eigenvalue weighted by atomic mass is 9.90. The standard InChI is InChI=1S/C20H22N6O2S2/c1-20(2)8-11-12(9-28-20)16(25-4-6-27-7-5-25)22-18-13(11)14-15(30-18)17-23-24-19(29-3)26(17)10-21-14/h10H,4-9H2,1-3H3. The summed E-state index contributed by atoms with van der Waals surface area (Å²) in [5.74, 6) is 1.03. The normalized spacial score (nSPS) is 19.1. The van der Waals surface area contributed by atoms with E-state index in [1.165, 1.54) is 11.1 Å². The molecule has 4 aromatic heterocycles. The fourth-order valence-electron chi connectivity index (χ4n) is 4.40. The number of nitrogens with zero attached hydrogens (tertiary/aromatic N) is 6. The molecule has 0 bridgehead atoms. The number of rotatable bonds is 2. The van der Waals surface area contributed by atoms with Crippen molar-refractivity contribution >= 4 is 55.0 Å². The van der Waals surface area contributed by atoms with Crippen molar-refractivity contribution in [3.05, 3.63) is 17.5 Å². The Hall–Kier alpha value is -2.01. The molecule has 30 heavy (non-hydrogen) atoms. The van der Waals surface area contributed by atoms with E-state index in [0.29, 0.717) is 6.61 Å². The fraction of sp³-hybridized carbons (Fsp3) is 0.500. The van der Waals surface area contributed by atoms with Crippen LogP contribution in [0.5, 0.6) is 0 Å². The number of hydrogen-bond acceptors (Lipinski definition) is 9. The lowest BCUT2D eigenvalue weighted by Crippen LogP contribution is -2.39. The van der Waals surface area contributed by atoms with Crippen LogP contribution in [-0.2, 0) is 22.5 Å². The number of morpholine rings is 1. The zero-order valence-corrected chi connectivity index (χ0v) is 18.8. The first-order valence-corrected chi connectivity index (χ1v) is 12.1. The molecule has 0 radical (unpaired) electrons. The summed E-state index contributed by atoms with van der Waals surface area (Å²) >= 11 is 3.23. The van der Waals surface area contributed by atoms with Gasteiger partial charge in [0.2, 0.25) is 0 Å². The number of aromatic nitrogens is 5. The first-order valence-electron chi connectivity index (χ1n) is 10.0. The summed E-state index contributed by atoms with van der Waals surface area (Å²) in [5, 5.41) is 10.8. The number of hydrogen-bond donors (Lipinski definition) is 0. The van der Waals surface area contributed by atoms with Crippen molar-refractivity contribution in [1.82, 2.24) is 24.6 Å². The largest absolute Gasteiger partial charge is 0.378 e. The minimum Gasteiger partial charge on any atom is -0.378 e. The number of ether oxygens (including phenoxy) is 2. The Morgan fingerprint density at radius 1 is 1.17 bits per heavy atom. The van der Waals surface area contributed by atoms with Crippen LogP contribution >= 0.6 is 23.1 Å². The van der Waals surface area contributed by atoms with Gasteiger partial charge < -0.3 is 14.4 Å². The second-order valence-corrected chi connectivity index (χ2v) is 10.1. The first kappa shape index (κ1) is 18.7. The Bertz CT molecular complexity index is 1290. The summed E-state index contributed by atoms with van der Waals surface area (Å²) in [7, 11) is 0. The van der Waals surface area contributed by atoms with Gasteiger partial charge in [-0.15, -0.1) is 21.5 Å². The molecule has 1 fully saturated rings. The van der Waals surface area contributed by atoms with E-state index in [2.05, 4.69) is 28.9 Å². The predicted molar refractivity (Wildman–Crippen MR) is 119 cm³/mol. The van der Waals surface area contributed by atoms with Crippen LogP contribution in [0.4, 0.5) is 5.82 Å². The quantitative estimate of drug-likeness (QED) is 0.438. The lowest BCUT2D eigenvalue weighted by molar-refractivity contribution is -0.0396. The van der Waals surface area contributed by atoms with Gasteiger partial charge in [-0.05, 0) is 25.7 Å². The third-order valence-corrected chi connectivity index (χ3v) is 7.59. The summed E-state index contributed by atoms with van der Waals surface area (Å²) in [6, 6.07) is 0. The van der Waals surface area contributed by atoms with Gasteiger partial charge in [0.25, 0.3) is 0 Å².